The standard InChI is InChI=1S/C11H17Cl/c1-2-3-4-6-10-7-5-8-11(12)9-10/h1,10-11H,3-9H2. The van der Waals surface area contributed by atoms with E-state index in [0.717, 1.165) is 12.3 Å². The van der Waals surface area contributed by atoms with Crippen molar-refractivity contribution in [3.05, 3.63) is 0 Å². The molecule has 68 valence electrons. The number of alkyl halides is 1. The molecule has 0 aromatic rings. The maximum absolute atomic E-state index is 6.08. The highest BCUT2D eigenvalue weighted by molar-refractivity contribution is 6.20. The highest BCUT2D eigenvalue weighted by Gasteiger charge is 2.19. The summed E-state index contributed by atoms with van der Waals surface area (Å²) >= 11 is 6.08. The van der Waals surface area contributed by atoms with Gasteiger partial charge in [-0.2, -0.15) is 0 Å². The summed E-state index contributed by atoms with van der Waals surface area (Å²) in [7, 11) is 0. The Hall–Kier alpha value is -0.150. The molecule has 1 aliphatic carbocycles. The van der Waals surface area contributed by atoms with Crippen molar-refractivity contribution in [2.75, 3.05) is 0 Å². The molecular weight excluding hydrogens is 168 g/mol. The molecule has 1 fully saturated rings. The predicted molar refractivity (Wildman–Crippen MR) is 54.3 cm³/mol. The van der Waals surface area contributed by atoms with Gasteiger partial charge in [-0.25, -0.2) is 0 Å². The molecule has 0 amide bonds. The van der Waals surface area contributed by atoms with Gasteiger partial charge in [-0.1, -0.05) is 12.8 Å². The third kappa shape index (κ3) is 3.50. The minimum atomic E-state index is 0.439. The summed E-state index contributed by atoms with van der Waals surface area (Å²) in [4.78, 5) is 0. The maximum Gasteiger partial charge on any atom is 0.0338 e. The Kier molecular flexibility index (Phi) is 4.54. The topological polar surface area (TPSA) is 0 Å². The summed E-state index contributed by atoms with van der Waals surface area (Å²) in [5.41, 5.74) is 0. The molecule has 0 spiro atoms. The van der Waals surface area contributed by atoms with E-state index in [1.807, 2.05) is 0 Å². The first-order chi connectivity index (χ1) is 5.83. The van der Waals surface area contributed by atoms with Crippen molar-refractivity contribution in [2.45, 2.75) is 50.3 Å². The lowest BCUT2D eigenvalue weighted by Gasteiger charge is -2.24. The van der Waals surface area contributed by atoms with E-state index in [0.29, 0.717) is 5.38 Å². The summed E-state index contributed by atoms with van der Waals surface area (Å²) in [6.07, 6.45) is 13.7. The molecule has 0 nitrogen and oxygen atoms in total. The van der Waals surface area contributed by atoms with Gasteiger partial charge in [0.05, 0.1) is 0 Å². The molecule has 0 bridgehead atoms. The summed E-state index contributed by atoms with van der Waals surface area (Å²) in [5, 5.41) is 0.439. The van der Waals surface area contributed by atoms with E-state index in [2.05, 4.69) is 5.92 Å². The molecule has 0 aliphatic heterocycles. The lowest BCUT2D eigenvalue weighted by Crippen LogP contribution is -2.15. The van der Waals surface area contributed by atoms with E-state index in [-0.39, 0.29) is 0 Å². The number of hydrogen-bond donors (Lipinski definition) is 0. The molecule has 0 saturated heterocycles. The van der Waals surface area contributed by atoms with Crippen molar-refractivity contribution in [1.82, 2.24) is 0 Å². The fourth-order valence-corrected chi connectivity index (χ4v) is 2.39. The van der Waals surface area contributed by atoms with Crippen LogP contribution in [0, 0.1) is 18.3 Å². The smallest absolute Gasteiger partial charge is 0.0338 e. The minimum Gasteiger partial charge on any atom is -0.123 e. The monoisotopic (exact) mass is 184 g/mol. The number of unbranched alkanes of at least 4 members (excludes halogenated alkanes) is 1. The summed E-state index contributed by atoms with van der Waals surface area (Å²) in [6.45, 7) is 0. The molecule has 0 aromatic heterocycles. The zero-order chi connectivity index (χ0) is 8.81. The van der Waals surface area contributed by atoms with Crippen molar-refractivity contribution in [3.63, 3.8) is 0 Å². The third-order valence-corrected chi connectivity index (χ3v) is 3.05. The van der Waals surface area contributed by atoms with Gasteiger partial charge in [0.1, 0.15) is 0 Å². The molecule has 0 heterocycles. The highest BCUT2D eigenvalue weighted by atomic mass is 35.5. The fraction of sp³-hybridized carbons (Fsp3) is 0.818. The number of rotatable bonds is 3. The lowest BCUT2D eigenvalue weighted by atomic mass is 9.85. The van der Waals surface area contributed by atoms with E-state index in [1.54, 1.807) is 0 Å². The molecule has 1 heteroatoms. The second-order valence-electron chi connectivity index (χ2n) is 3.73. The normalized spacial score (nSPS) is 29.7. The molecule has 1 aliphatic rings. The largest absolute Gasteiger partial charge is 0.123 e. The van der Waals surface area contributed by atoms with E-state index >= 15 is 0 Å². The number of terminal acetylenes is 1. The Morgan fingerprint density at radius 3 is 2.92 bits per heavy atom. The Morgan fingerprint density at radius 2 is 2.25 bits per heavy atom. The van der Waals surface area contributed by atoms with Gasteiger partial charge in [0, 0.05) is 11.8 Å². The molecule has 1 rings (SSSR count). The zero-order valence-electron chi connectivity index (χ0n) is 7.56. The van der Waals surface area contributed by atoms with Gasteiger partial charge in [-0.15, -0.1) is 23.9 Å². The van der Waals surface area contributed by atoms with E-state index in [4.69, 9.17) is 18.0 Å². The zero-order valence-corrected chi connectivity index (χ0v) is 8.32. The first-order valence-electron chi connectivity index (χ1n) is 4.90. The predicted octanol–water partition coefficient (Wildman–Crippen LogP) is 3.59. The third-order valence-electron chi connectivity index (χ3n) is 2.65. The van der Waals surface area contributed by atoms with Crippen LogP contribution in [0.1, 0.15) is 44.9 Å². The first kappa shape index (κ1) is 9.93. The average Bonchev–Trinajstić information content (AvgIpc) is 2.05. The van der Waals surface area contributed by atoms with Crippen LogP contribution in [0.5, 0.6) is 0 Å². The van der Waals surface area contributed by atoms with E-state index < -0.39 is 0 Å². The fourth-order valence-electron chi connectivity index (χ4n) is 1.98. The molecule has 0 N–H and O–H groups in total. The maximum atomic E-state index is 6.08. The van der Waals surface area contributed by atoms with Crippen molar-refractivity contribution in [1.29, 1.82) is 0 Å². The minimum absolute atomic E-state index is 0.439. The molecular formula is C11H17Cl. The van der Waals surface area contributed by atoms with E-state index in [1.165, 1.54) is 38.5 Å². The quantitative estimate of drug-likeness (QED) is 0.357. The van der Waals surface area contributed by atoms with E-state index in [9.17, 15) is 0 Å². The van der Waals surface area contributed by atoms with Crippen LogP contribution in [0.4, 0.5) is 0 Å². The van der Waals surface area contributed by atoms with Crippen LogP contribution in [0.2, 0.25) is 0 Å². The van der Waals surface area contributed by atoms with Gasteiger partial charge < -0.3 is 0 Å². The first-order valence-corrected chi connectivity index (χ1v) is 5.34. The van der Waals surface area contributed by atoms with Crippen LogP contribution < -0.4 is 0 Å². The molecule has 1 saturated carbocycles. The summed E-state index contributed by atoms with van der Waals surface area (Å²) in [5.74, 6) is 3.54. The Morgan fingerprint density at radius 1 is 1.42 bits per heavy atom. The Bertz CT molecular complexity index is 157. The van der Waals surface area contributed by atoms with Crippen LogP contribution in [-0.2, 0) is 0 Å². The average molecular weight is 185 g/mol. The van der Waals surface area contributed by atoms with Crippen molar-refractivity contribution >= 4 is 11.6 Å². The van der Waals surface area contributed by atoms with Crippen molar-refractivity contribution in [2.24, 2.45) is 5.92 Å². The molecule has 2 unspecified atom stereocenters. The van der Waals surface area contributed by atoms with Crippen LogP contribution in [-0.4, -0.2) is 5.38 Å². The number of halogens is 1. The van der Waals surface area contributed by atoms with Crippen LogP contribution in [0.3, 0.4) is 0 Å². The van der Waals surface area contributed by atoms with Crippen LogP contribution in [0.15, 0.2) is 0 Å². The van der Waals surface area contributed by atoms with Crippen LogP contribution >= 0.6 is 11.6 Å². The van der Waals surface area contributed by atoms with Gasteiger partial charge >= 0.3 is 0 Å². The molecule has 0 radical (unpaired) electrons. The summed E-state index contributed by atoms with van der Waals surface area (Å²) in [6, 6.07) is 0. The van der Waals surface area contributed by atoms with Gasteiger partial charge in [0.15, 0.2) is 0 Å². The Labute approximate surface area is 80.7 Å². The van der Waals surface area contributed by atoms with Gasteiger partial charge in [0.2, 0.25) is 0 Å². The van der Waals surface area contributed by atoms with Crippen LogP contribution in [0.25, 0.3) is 0 Å². The number of hydrogen-bond acceptors (Lipinski definition) is 0. The molecule has 0 aromatic carbocycles. The highest BCUT2D eigenvalue weighted by Crippen LogP contribution is 2.30. The Balaban J connectivity index is 2.11. The van der Waals surface area contributed by atoms with Crippen molar-refractivity contribution < 1.29 is 0 Å². The van der Waals surface area contributed by atoms with Gasteiger partial charge in [0.25, 0.3) is 0 Å². The van der Waals surface area contributed by atoms with Gasteiger partial charge in [-0.05, 0) is 31.6 Å². The van der Waals surface area contributed by atoms with Gasteiger partial charge in [-0.3, -0.25) is 0 Å². The lowest BCUT2D eigenvalue weighted by molar-refractivity contribution is 0.338. The summed E-state index contributed by atoms with van der Waals surface area (Å²) < 4.78 is 0. The van der Waals surface area contributed by atoms with Crippen molar-refractivity contribution in [3.8, 4) is 12.3 Å². The molecule has 12 heavy (non-hydrogen) atoms. The molecule has 2 atom stereocenters. The SMILES string of the molecule is C#CCCCC1CCCC(Cl)C1. The second kappa shape index (κ2) is 5.49. The second-order valence-corrected chi connectivity index (χ2v) is 4.34.